The van der Waals surface area contributed by atoms with Crippen molar-refractivity contribution in [3.63, 3.8) is 0 Å². The van der Waals surface area contributed by atoms with Crippen molar-refractivity contribution in [1.29, 1.82) is 0 Å². The van der Waals surface area contributed by atoms with E-state index in [-0.39, 0.29) is 23.0 Å². The Labute approximate surface area is 135 Å². The zero-order chi connectivity index (χ0) is 16.8. The third-order valence-electron chi connectivity index (χ3n) is 5.79. The van der Waals surface area contributed by atoms with E-state index in [0.29, 0.717) is 17.6 Å². The molecule has 1 aromatic carbocycles. The van der Waals surface area contributed by atoms with Crippen molar-refractivity contribution in [3.05, 3.63) is 41.0 Å². The predicted molar refractivity (Wildman–Crippen MR) is 84.6 cm³/mol. The van der Waals surface area contributed by atoms with Gasteiger partial charge in [0.05, 0.1) is 6.10 Å². The average molecular weight is 320 g/mol. The summed E-state index contributed by atoms with van der Waals surface area (Å²) in [4.78, 5) is 12.7. The van der Waals surface area contributed by atoms with Gasteiger partial charge in [-0.25, -0.2) is 8.78 Å². The van der Waals surface area contributed by atoms with E-state index in [1.54, 1.807) is 6.08 Å². The molecular formula is C19H22F2O2. The van der Waals surface area contributed by atoms with Crippen LogP contribution < -0.4 is 0 Å². The first-order chi connectivity index (χ1) is 10.8. The van der Waals surface area contributed by atoms with E-state index in [0.717, 1.165) is 31.4 Å². The number of ketones is 1. The SMILES string of the molecule is CC1C(=O)/C(=C/c2ccc(F)c(F)c2)C[C@@]2(C)C1CCC[C@@H]2O. The summed E-state index contributed by atoms with van der Waals surface area (Å²) >= 11 is 0. The van der Waals surface area contributed by atoms with E-state index in [4.69, 9.17) is 0 Å². The third-order valence-corrected chi connectivity index (χ3v) is 5.79. The number of allylic oxidation sites excluding steroid dienone is 1. The maximum atomic E-state index is 13.4. The molecule has 0 aromatic heterocycles. The van der Waals surface area contributed by atoms with Crippen molar-refractivity contribution in [3.8, 4) is 0 Å². The van der Waals surface area contributed by atoms with E-state index in [2.05, 4.69) is 0 Å². The fraction of sp³-hybridized carbons (Fsp3) is 0.526. The van der Waals surface area contributed by atoms with Crippen molar-refractivity contribution >= 4 is 11.9 Å². The Hall–Kier alpha value is -1.55. The average Bonchev–Trinajstić information content (AvgIpc) is 2.50. The minimum atomic E-state index is -0.919. The lowest BCUT2D eigenvalue weighted by Gasteiger charge is -2.51. The molecule has 23 heavy (non-hydrogen) atoms. The van der Waals surface area contributed by atoms with Gasteiger partial charge < -0.3 is 5.11 Å². The molecule has 4 atom stereocenters. The van der Waals surface area contributed by atoms with Crippen LogP contribution in [0.2, 0.25) is 0 Å². The van der Waals surface area contributed by atoms with E-state index in [1.807, 2.05) is 13.8 Å². The summed E-state index contributed by atoms with van der Waals surface area (Å²) in [6.07, 6.45) is 4.36. The topological polar surface area (TPSA) is 37.3 Å². The van der Waals surface area contributed by atoms with Gasteiger partial charge in [-0.1, -0.05) is 26.3 Å². The highest BCUT2D eigenvalue weighted by molar-refractivity contribution is 6.02. The first-order valence-corrected chi connectivity index (χ1v) is 8.21. The number of hydrogen-bond acceptors (Lipinski definition) is 2. The molecule has 2 saturated carbocycles. The molecule has 0 bridgehead atoms. The number of benzene rings is 1. The van der Waals surface area contributed by atoms with Gasteiger partial charge in [-0.2, -0.15) is 0 Å². The zero-order valence-electron chi connectivity index (χ0n) is 13.5. The smallest absolute Gasteiger partial charge is 0.161 e. The Morgan fingerprint density at radius 3 is 2.70 bits per heavy atom. The first-order valence-electron chi connectivity index (χ1n) is 8.21. The number of Topliss-reactive ketones (excluding diaryl/α,β-unsaturated/α-hetero) is 1. The Bertz CT molecular complexity index is 667. The quantitative estimate of drug-likeness (QED) is 0.790. The van der Waals surface area contributed by atoms with Crippen LogP contribution in [0.1, 0.15) is 45.1 Å². The van der Waals surface area contributed by atoms with Crippen LogP contribution in [0, 0.1) is 28.9 Å². The molecule has 2 aliphatic rings. The van der Waals surface area contributed by atoms with Gasteiger partial charge in [0.2, 0.25) is 0 Å². The molecule has 0 amide bonds. The Kier molecular flexibility index (Phi) is 4.13. The van der Waals surface area contributed by atoms with Crippen molar-refractivity contribution in [2.75, 3.05) is 0 Å². The second-order valence-electron chi connectivity index (χ2n) is 7.23. The van der Waals surface area contributed by atoms with Crippen molar-refractivity contribution < 1.29 is 18.7 Å². The molecule has 0 radical (unpaired) electrons. The Morgan fingerprint density at radius 2 is 2.00 bits per heavy atom. The highest BCUT2D eigenvalue weighted by atomic mass is 19.2. The number of rotatable bonds is 1. The van der Waals surface area contributed by atoms with E-state index >= 15 is 0 Å². The van der Waals surface area contributed by atoms with Gasteiger partial charge in [-0.05, 0) is 54.5 Å². The minimum Gasteiger partial charge on any atom is -0.393 e. The Morgan fingerprint density at radius 1 is 1.26 bits per heavy atom. The summed E-state index contributed by atoms with van der Waals surface area (Å²) in [6, 6.07) is 3.64. The van der Waals surface area contributed by atoms with Gasteiger partial charge in [0, 0.05) is 11.3 Å². The maximum Gasteiger partial charge on any atom is 0.161 e. The molecule has 4 heteroatoms. The van der Waals surface area contributed by atoms with Crippen molar-refractivity contribution in [1.82, 2.24) is 0 Å². The number of carbonyl (C=O) groups excluding carboxylic acids is 1. The molecule has 0 aliphatic heterocycles. The van der Waals surface area contributed by atoms with Crippen LogP contribution in [-0.4, -0.2) is 17.0 Å². The van der Waals surface area contributed by atoms with Crippen molar-refractivity contribution in [2.24, 2.45) is 17.3 Å². The number of fused-ring (bicyclic) bond motifs is 1. The molecule has 2 fully saturated rings. The van der Waals surface area contributed by atoms with E-state index in [1.165, 1.54) is 6.07 Å². The van der Waals surface area contributed by atoms with Crippen LogP contribution in [0.5, 0.6) is 0 Å². The summed E-state index contributed by atoms with van der Waals surface area (Å²) in [5.41, 5.74) is 0.755. The fourth-order valence-electron chi connectivity index (χ4n) is 4.41. The van der Waals surface area contributed by atoms with Gasteiger partial charge in [0.1, 0.15) is 0 Å². The van der Waals surface area contributed by atoms with Gasteiger partial charge in [-0.3, -0.25) is 4.79 Å². The molecule has 2 unspecified atom stereocenters. The van der Waals surface area contributed by atoms with Crippen LogP contribution >= 0.6 is 0 Å². The fourth-order valence-corrected chi connectivity index (χ4v) is 4.41. The summed E-state index contributed by atoms with van der Waals surface area (Å²) < 4.78 is 26.4. The highest BCUT2D eigenvalue weighted by Crippen LogP contribution is 2.53. The molecule has 124 valence electrons. The third kappa shape index (κ3) is 2.74. The molecule has 2 nitrogen and oxygen atoms in total. The summed E-state index contributed by atoms with van der Waals surface area (Å²) in [7, 11) is 0. The van der Waals surface area contributed by atoms with Gasteiger partial charge in [0.15, 0.2) is 17.4 Å². The molecule has 2 aliphatic carbocycles. The minimum absolute atomic E-state index is 0.0614. The molecule has 0 heterocycles. The molecule has 1 N–H and O–H groups in total. The maximum absolute atomic E-state index is 13.4. The van der Waals surface area contributed by atoms with E-state index in [9.17, 15) is 18.7 Å². The number of aliphatic hydroxyl groups excluding tert-OH is 1. The molecule has 1 aromatic rings. The zero-order valence-corrected chi connectivity index (χ0v) is 13.5. The largest absolute Gasteiger partial charge is 0.393 e. The lowest BCUT2D eigenvalue weighted by molar-refractivity contribution is -0.133. The molecule has 0 spiro atoms. The predicted octanol–water partition coefficient (Wildman–Crippen LogP) is 4.12. The summed E-state index contributed by atoms with van der Waals surface area (Å²) in [6.45, 7) is 3.96. The lowest BCUT2D eigenvalue weighted by atomic mass is 9.54. The molecular weight excluding hydrogens is 298 g/mol. The monoisotopic (exact) mass is 320 g/mol. The summed E-state index contributed by atoms with van der Waals surface area (Å²) in [5, 5.41) is 10.5. The molecule has 3 rings (SSSR count). The van der Waals surface area contributed by atoms with Crippen LogP contribution in [0.25, 0.3) is 6.08 Å². The van der Waals surface area contributed by atoms with Crippen LogP contribution in [0.4, 0.5) is 8.78 Å². The number of carbonyl (C=O) groups is 1. The first kappa shape index (κ1) is 16.3. The second kappa shape index (κ2) is 5.82. The number of aliphatic hydroxyl groups is 1. The van der Waals surface area contributed by atoms with Crippen LogP contribution in [0.3, 0.4) is 0 Å². The summed E-state index contributed by atoms with van der Waals surface area (Å²) in [5.74, 6) is -1.73. The second-order valence-corrected chi connectivity index (χ2v) is 7.23. The van der Waals surface area contributed by atoms with Crippen molar-refractivity contribution in [2.45, 2.75) is 45.6 Å². The molecule has 0 saturated heterocycles. The van der Waals surface area contributed by atoms with Crippen LogP contribution in [-0.2, 0) is 4.79 Å². The van der Waals surface area contributed by atoms with E-state index < -0.39 is 17.7 Å². The number of hydrogen-bond donors (Lipinski definition) is 1. The van der Waals surface area contributed by atoms with Crippen LogP contribution in [0.15, 0.2) is 23.8 Å². The standard InChI is InChI=1S/C19H22F2O2/c1-11-14-4-3-5-17(22)19(14,2)10-13(18(11)23)8-12-6-7-15(20)16(21)9-12/h6-9,11,14,17,22H,3-5,10H2,1-2H3/b13-8+/t11?,14?,17-,19-/m0/s1. The van der Waals surface area contributed by atoms with Gasteiger partial charge in [0.25, 0.3) is 0 Å². The van der Waals surface area contributed by atoms with Gasteiger partial charge in [-0.15, -0.1) is 0 Å². The van der Waals surface area contributed by atoms with Gasteiger partial charge >= 0.3 is 0 Å². The Balaban J connectivity index is 1.97. The lowest BCUT2D eigenvalue weighted by Crippen LogP contribution is -2.51. The number of halogens is 2. The normalized spacial score (nSPS) is 36.1. The highest BCUT2D eigenvalue weighted by Gasteiger charge is 2.51.